The summed E-state index contributed by atoms with van der Waals surface area (Å²) in [6, 6.07) is 0. The van der Waals surface area contributed by atoms with Gasteiger partial charge in [-0.3, -0.25) is 0 Å². The monoisotopic (exact) mass is 308 g/mol. The molecule has 0 N–H and O–H groups in total. The fraction of sp³-hybridized carbons (Fsp3) is 0.632. The standard InChI is InChI=1S/C19H32O3/c1-6-7-8-9-10-11-12-13-14-15-17(2)22-18(20)21-16-19(3,4)5/h7-8,10-11,13-14,17H,6,9,12,15-16H2,1-5H3/b8-7-,11-10-,14-13-. The second-order valence-corrected chi connectivity index (χ2v) is 6.56. The topological polar surface area (TPSA) is 35.5 Å². The molecule has 0 spiro atoms. The number of rotatable bonds is 9. The molecule has 0 bridgehead atoms. The van der Waals surface area contributed by atoms with Crippen LogP contribution in [0.2, 0.25) is 0 Å². The molecule has 0 aromatic heterocycles. The summed E-state index contributed by atoms with van der Waals surface area (Å²) in [5, 5.41) is 0. The lowest BCUT2D eigenvalue weighted by Crippen LogP contribution is -2.21. The van der Waals surface area contributed by atoms with E-state index in [0.717, 1.165) is 19.3 Å². The van der Waals surface area contributed by atoms with Gasteiger partial charge in [0.1, 0.15) is 6.10 Å². The van der Waals surface area contributed by atoms with Gasteiger partial charge in [-0.1, -0.05) is 64.2 Å². The van der Waals surface area contributed by atoms with Crippen LogP contribution in [0.25, 0.3) is 0 Å². The molecule has 0 amide bonds. The summed E-state index contributed by atoms with van der Waals surface area (Å²) in [6.45, 7) is 10.4. The number of carbonyl (C=O) groups excluding carboxylic acids is 1. The third kappa shape index (κ3) is 14.9. The molecule has 0 fully saturated rings. The smallest absolute Gasteiger partial charge is 0.434 e. The number of allylic oxidation sites excluding steroid dienone is 5. The molecule has 0 saturated carbocycles. The van der Waals surface area contributed by atoms with Crippen LogP contribution in [-0.4, -0.2) is 18.9 Å². The van der Waals surface area contributed by atoms with Gasteiger partial charge in [-0.25, -0.2) is 4.79 Å². The Bertz CT molecular complexity index is 373. The third-order valence-electron chi connectivity index (χ3n) is 2.67. The third-order valence-corrected chi connectivity index (χ3v) is 2.67. The Morgan fingerprint density at radius 2 is 1.55 bits per heavy atom. The maximum atomic E-state index is 11.5. The van der Waals surface area contributed by atoms with Gasteiger partial charge in [0.15, 0.2) is 0 Å². The maximum Gasteiger partial charge on any atom is 0.508 e. The highest BCUT2D eigenvalue weighted by Gasteiger charge is 2.15. The Kier molecular flexibility index (Phi) is 11.2. The van der Waals surface area contributed by atoms with Crippen LogP contribution >= 0.6 is 0 Å². The van der Waals surface area contributed by atoms with Crippen molar-refractivity contribution in [3.05, 3.63) is 36.5 Å². The Balaban J connectivity index is 3.75. The molecule has 22 heavy (non-hydrogen) atoms. The highest BCUT2D eigenvalue weighted by Crippen LogP contribution is 2.13. The van der Waals surface area contributed by atoms with E-state index in [1.54, 1.807) is 0 Å². The van der Waals surface area contributed by atoms with Gasteiger partial charge in [0.2, 0.25) is 0 Å². The zero-order chi connectivity index (χ0) is 16.8. The van der Waals surface area contributed by atoms with E-state index >= 15 is 0 Å². The molecule has 0 saturated heterocycles. The summed E-state index contributed by atoms with van der Waals surface area (Å²) in [5.74, 6) is 0. The Hall–Kier alpha value is -1.51. The minimum atomic E-state index is -0.585. The average Bonchev–Trinajstić information content (AvgIpc) is 2.42. The van der Waals surface area contributed by atoms with Gasteiger partial charge in [0.05, 0.1) is 6.61 Å². The Morgan fingerprint density at radius 1 is 1.00 bits per heavy atom. The first-order valence-corrected chi connectivity index (χ1v) is 8.13. The highest BCUT2D eigenvalue weighted by molar-refractivity contribution is 5.60. The van der Waals surface area contributed by atoms with E-state index in [9.17, 15) is 4.79 Å². The van der Waals surface area contributed by atoms with E-state index in [1.165, 1.54) is 0 Å². The van der Waals surface area contributed by atoms with Crippen LogP contribution in [0.1, 0.15) is 60.3 Å². The van der Waals surface area contributed by atoms with E-state index in [2.05, 4.69) is 37.3 Å². The molecule has 0 aliphatic rings. The summed E-state index contributed by atoms with van der Waals surface area (Å²) in [5.41, 5.74) is -0.0409. The van der Waals surface area contributed by atoms with Crippen molar-refractivity contribution >= 4 is 6.16 Å². The maximum absolute atomic E-state index is 11.5. The van der Waals surface area contributed by atoms with Crippen LogP contribution in [0, 0.1) is 5.41 Å². The van der Waals surface area contributed by atoms with Gasteiger partial charge in [0.25, 0.3) is 0 Å². The fourth-order valence-electron chi connectivity index (χ4n) is 1.52. The average molecular weight is 308 g/mol. The number of hydrogen-bond donors (Lipinski definition) is 0. The molecule has 3 heteroatoms. The van der Waals surface area contributed by atoms with Gasteiger partial charge in [-0.15, -0.1) is 0 Å². The number of ether oxygens (including phenoxy) is 2. The van der Waals surface area contributed by atoms with Crippen molar-refractivity contribution in [1.29, 1.82) is 0 Å². The molecular weight excluding hydrogens is 276 g/mol. The largest absolute Gasteiger partial charge is 0.508 e. The molecular formula is C19H32O3. The lowest BCUT2D eigenvalue weighted by molar-refractivity contribution is 0.0126. The van der Waals surface area contributed by atoms with Gasteiger partial charge in [-0.2, -0.15) is 0 Å². The van der Waals surface area contributed by atoms with Crippen LogP contribution < -0.4 is 0 Å². The second-order valence-electron chi connectivity index (χ2n) is 6.56. The first kappa shape index (κ1) is 20.5. The molecule has 1 unspecified atom stereocenters. The number of carbonyl (C=O) groups is 1. The SMILES string of the molecule is CC/C=C\C/C=C\C/C=C\CC(C)OC(=O)OCC(C)(C)C. The van der Waals surface area contributed by atoms with Gasteiger partial charge < -0.3 is 9.47 Å². The van der Waals surface area contributed by atoms with Gasteiger partial charge in [0, 0.05) is 6.42 Å². The molecule has 0 heterocycles. The minimum absolute atomic E-state index is 0.0409. The first-order chi connectivity index (χ1) is 10.3. The minimum Gasteiger partial charge on any atom is -0.434 e. The van der Waals surface area contributed by atoms with Gasteiger partial charge >= 0.3 is 6.16 Å². The van der Waals surface area contributed by atoms with Crippen molar-refractivity contribution in [2.75, 3.05) is 6.61 Å². The van der Waals surface area contributed by atoms with Crippen molar-refractivity contribution in [2.24, 2.45) is 5.41 Å². The van der Waals surface area contributed by atoms with E-state index in [-0.39, 0.29) is 11.5 Å². The van der Waals surface area contributed by atoms with Crippen molar-refractivity contribution < 1.29 is 14.3 Å². The van der Waals surface area contributed by atoms with E-state index in [4.69, 9.17) is 9.47 Å². The highest BCUT2D eigenvalue weighted by atomic mass is 16.7. The summed E-state index contributed by atoms with van der Waals surface area (Å²) in [6.07, 6.45) is 15.7. The van der Waals surface area contributed by atoms with Crippen LogP contribution in [0.15, 0.2) is 36.5 Å². The Labute approximate surface area is 136 Å². The predicted octanol–water partition coefficient (Wildman–Crippen LogP) is 5.82. The second kappa shape index (κ2) is 12.1. The molecule has 1 atom stereocenters. The number of hydrogen-bond acceptors (Lipinski definition) is 3. The van der Waals surface area contributed by atoms with Crippen molar-refractivity contribution in [1.82, 2.24) is 0 Å². The van der Waals surface area contributed by atoms with Crippen molar-refractivity contribution in [3.63, 3.8) is 0 Å². The zero-order valence-corrected chi connectivity index (χ0v) is 14.8. The summed E-state index contributed by atoms with van der Waals surface area (Å²) in [4.78, 5) is 11.5. The molecule has 0 aliphatic carbocycles. The molecule has 0 aromatic rings. The molecule has 0 aromatic carbocycles. The summed E-state index contributed by atoms with van der Waals surface area (Å²) < 4.78 is 10.2. The van der Waals surface area contributed by atoms with Crippen LogP contribution in [-0.2, 0) is 9.47 Å². The predicted molar refractivity (Wildman–Crippen MR) is 92.9 cm³/mol. The van der Waals surface area contributed by atoms with Gasteiger partial charge in [-0.05, 0) is 31.6 Å². The van der Waals surface area contributed by atoms with E-state index in [1.807, 2.05) is 33.8 Å². The fourth-order valence-corrected chi connectivity index (χ4v) is 1.52. The molecule has 126 valence electrons. The van der Waals surface area contributed by atoms with Crippen molar-refractivity contribution in [3.8, 4) is 0 Å². The van der Waals surface area contributed by atoms with Crippen LogP contribution in [0.5, 0.6) is 0 Å². The molecule has 3 nitrogen and oxygen atoms in total. The quantitative estimate of drug-likeness (QED) is 0.397. The van der Waals surface area contributed by atoms with Crippen molar-refractivity contribution in [2.45, 2.75) is 66.4 Å². The summed E-state index contributed by atoms with van der Waals surface area (Å²) >= 11 is 0. The summed E-state index contributed by atoms with van der Waals surface area (Å²) in [7, 11) is 0. The molecule has 0 aliphatic heterocycles. The van der Waals surface area contributed by atoms with Crippen LogP contribution in [0.4, 0.5) is 4.79 Å². The zero-order valence-electron chi connectivity index (χ0n) is 14.8. The normalized spacial score (nSPS) is 14.0. The van der Waals surface area contributed by atoms with Crippen LogP contribution in [0.3, 0.4) is 0 Å². The first-order valence-electron chi connectivity index (χ1n) is 8.13. The van der Waals surface area contributed by atoms with E-state index < -0.39 is 6.16 Å². The lowest BCUT2D eigenvalue weighted by atomic mass is 9.99. The Morgan fingerprint density at radius 3 is 2.09 bits per heavy atom. The lowest BCUT2D eigenvalue weighted by Gasteiger charge is -2.18. The molecule has 0 radical (unpaired) electrons. The van der Waals surface area contributed by atoms with E-state index in [0.29, 0.717) is 13.0 Å². The molecule has 0 rings (SSSR count).